The van der Waals surface area contributed by atoms with E-state index in [1.807, 2.05) is 43.3 Å². The summed E-state index contributed by atoms with van der Waals surface area (Å²) < 4.78 is 11.1. The van der Waals surface area contributed by atoms with Crippen molar-refractivity contribution in [2.45, 2.75) is 20.3 Å². The standard InChI is InChI=1S/C23H28N2O4/c1-3-18-7-5-6-8-21(18)29-17-22(26)24-13-15-25(16-14-24)23(27)19-9-11-20(12-10-19)28-4-2/h5-12H,3-4,13-17H2,1-2H3. The molecule has 6 nitrogen and oxygen atoms in total. The van der Waals surface area contributed by atoms with Gasteiger partial charge in [-0.15, -0.1) is 0 Å². The van der Waals surface area contributed by atoms with Crippen LogP contribution in [0.25, 0.3) is 0 Å². The van der Waals surface area contributed by atoms with Crippen LogP contribution in [0.2, 0.25) is 0 Å². The van der Waals surface area contributed by atoms with Gasteiger partial charge in [-0.3, -0.25) is 9.59 Å². The van der Waals surface area contributed by atoms with Gasteiger partial charge in [-0.05, 0) is 49.2 Å². The Bertz CT molecular complexity index is 827. The average molecular weight is 396 g/mol. The van der Waals surface area contributed by atoms with Crippen LogP contribution < -0.4 is 9.47 Å². The number of amides is 2. The third kappa shape index (κ3) is 5.28. The van der Waals surface area contributed by atoms with E-state index in [9.17, 15) is 9.59 Å². The maximum absolute atomic E-state index is 12.7. The van der Waals surface area contributed by atoms with Gasteiger partial charge in [0.15, 0.2) is 6.61 Å². The number of carbonyl (C=O) groups excluding carboxylic acids is 2. The van der Waals surface area contributed by atoms with E-state index in [1.165, 1.54) is 0 Å². The molecule has 3 rings (SSSR count). The molecule has 6 heteroatoms. The van der Waals surface area contributed by atoms with E-state index in [0.29, 0.717) is 38.3 Å². The number of hydrogen-bond acceptors (Lipinski definition) is 4. The van der Waals surface area contributed by atoms with Crippen molar-refractivity contribution in [3.8, 4) is 11.5 Å². The molecular formula is C23H28N2O4. The maximum Gasteiger partial charge on any atom is 0.260 e. The fourth-order valence-electron chi connectivity index (χ4n) is 3.37. The fourth-order valence-corrected chi connectivity index (χ4v) is 3.37. The summed E-state index contributed by atoms with van der Waals surface area (Å²) in [5.41, 5.74) is 1.72. The first-order chi connectivity index (χ1) is 14.1. The second-order valence-electron chi connectivity index (χ2n) is 6.88. The van der Waals surface area contributed by atoms with Crippen LogP contribution in [-0.4, -0.2) is 61.0 Å². The second-order valence-corrected chi connectivity index (χ2v) is 6.88. The van der Waals surface area contributed by atoms with Gasteiger partial charge in [0.05, 0.1) is 6.61 Å². The molecular weight excluding hydrogens is 368 g/mol. The van der Waals surface area contributed by atoms with Gasteiger partial charge in [0.2, 0.25) is 0 Å². The van der Waals surface area contributed by atoms with Gasteiger partial charge in [0.25, 0.3) is 11.8 Å². The van der Waals surface area contributed by atoms with Crippen molar-refractivity contribution in [1.29, 1.82) is 0 Å². The van der Waals surface area contributed by atoms with E-state index >= 15 is 0 Å². The Kier molecular flexibility index (Phi) is 7.11. The monoisotopic (exact) mass is 396 g/mol. The summed E-state index contributed by atoms with van der Waals surface area (Å²) in [6.45, 7) is 6.66. The molecule has 154 valence electrons. The predicted octanol–water partition coefficient (Wildman–Crippen LogP) is 3.01. The normalized spacial score (nSPS) is 13.9. The number of hydrogen-bond donors (Lipinski definition) is 0. The lowest BCUT2D eigenvalue weighted by Crippen LogP contribution is -2.51. The van der Waals surface area contributed by atoms with Gasteiger partial charge in [0, 0.05) is 31.7 Å². The molecule has 0 spiro atoms. The Morgan fingerprint density at radius 1 is 0.862 bits per heavy atom. The first kappa shape index (κ1) is 20.7. The average Bonchev–Trinajstić information content (AvgIpc) is 2.78. The molecule has 1 heterocycles. The van der Waals surface area contributed by atoms with Crippen molar-refractivity contribution >= 4 is 11.8 Å². The van der Waals surface area contributed by atoms with E-state index in [4.69, 9.17) is 9.47 Å². The van der Waals surface area contributed by atoms with Crippen LogP contribution in [0.3, 0.4) is 0 Å². The maximum atomic E-state index is 12.7. The lowest BCUT2D eigenvalue weighted by Gasteiger charge is -2.34. The first-order valence-electron chi connectivity index (χ1n) is 10.1. The van der Waals surface area contributed by atoms with Crippen molar-refractivity contribution in [2.24, 2.45) is 0 Å². The SMILES string of the molecule is CCOc1ccc(C(=O)N2CCN(C(=O)COc3ccccc3CC)CC2)cc1. The van der Waals surface area contributed by atoms with Crippen LogP contribution in [0.5, 0.6) is 11.5 Å². The zero-order valence-corrected chi connectivity index (χ0v) is 17.1. The summed E-state index contributed by atoms with van der Waals surface area (Å²) in [6.07, 6.45) is 0.858. The number of aryl methyl sites for hydroxylation is 1. The van der Waals surface area contributed by atoms with E-state index in [-0.39, 0.29) is 18.4 Å². The van der Waals surface area contributed by atoms with Gasteiger partial charge >= 0.3 is 0 Å². The highest BCUT2D eigenvalue weighted by Gasteiger charge is 2.25. The zero-order valence-electron chi connectivity index (χ0n) is 17.1. The molecule has 1 fully saturated rings. The van der Waals surface area contributed by atoms with Crippen LogP contribution in [0.15, 0.2) is 48.5 Å². The van der Waals surface area contributed by atoms with E-state index in [2.05, 4.69) is 6.92 Å². The number of para-hydroxylation sites is 1. The molecule has 2 amide bonds. The largest absolute Gasteiger partial charge is 0.494 e. The quantitative estimate of drug-likeness (QED) is 0.722. The van der Waals surface area contributed by atoms with Crippen LogP contribution in [0.1, 0.15) is 29.8 Å². The van der Waals surface area contributed by atoms with Gasteiger partial charge in [0.1, 0.15) is 11.5 Å². The third-order valence-electron chi connectivity index (χ3n) is 5.04. The summed E-state index contributed by atoms with van der Waals surface area (Å²) >= 11 is 0. The zero-order chi connectivity index (χ0) is 20.6. The molecule has 0 aliphatic carbocycles. The Morgan fingerprint density at radius 3 is 2.17 bits per heavy atom. The molecule has 2 aromatic carbocycles. The number of rotatable bonds is 7. The molecule has 0 unspecified atom stereocenters. The van der Waals surface area contributed by atoms with Gasteiger partial charge in [-0.2, -0.15) is 0 Å². The van der Waals surface area contributed by atoms with Crippen LogP contribution >= 0.6 is 0 Å². The molecule has 1 aliphatic heterocycles. The minimum atomic E-state index is -0.0518. The minimum absolute atomic E-state index is 0.0177. The first-order valence-corrected chi connectivity index (χ1v) is 10.1. The summed E-state index contributed by atoms with van der Waals surface area (Å²) in [5.74, 6) is 1.44. The molecule has 1 saturated heterocycles. The molecule has 1 aliphatic rings. The topological polar surface area (TPSA) is 59.1 Å². The molecule has 0 atom stereocenters. The van der Waals surface area contributed by atoms with Crippen molar-refractivity contribution < 1.29 is 19.1 Å². The van der Waals surface area contributed by atoms with Crippen molar-refractivity contribution in [3.05, 3.63) is 59.7 Å². The van der Waals surface area contributed by atoms with Crippen LogP contribution in [0, 0.1) is 0 Å². The van der Waals surface area contributed by atoms with Gasteiger partial charge in [-0.1, -0.05) is 25.1 Å². The number of carbonyl (C=O) groups is 2. The summed E-state index contributed by atoms with van der Waals surface area (Å²) in [7, 11) is 0. The molecule has 2 aromatic rings. The van der Waals surface area contributed by atoms with Crippen molar-refractivity contribution in [2.75, 3.05) is 39.4 Å². The predicted molar refractivity (Wildman–Crippen MR) is 111 cm³/mol. The number of piperazine rings is 1. The third-order valence-corrected chi connectivity index (χ3v) is 5.04. The molecule has 0 radical (unpaired) electrons. The lowest BCUT2D eigenvalue weighted by atomic mass is 10.1. The summed E-state index contributed by atoms with van der Waals surface area (Å²) in [6, 6.07) is 14.9. The second kappa shape index (κ2) is 9.96. The van der Waals surface area contributed by atoms with E-state index < -0.39 is 0 Å². The Labute approximate surface area is 172 Å². The Balaban J connectivity index is 1.49. The highest BCUT2D eigenvalue weighted by molar-refractivity contribution is 5.94. The minimum Gasteiger partial charge on any atom is -0.494 e. The van der Waals surface area contributed by atoms with Crippen LogP contribution in [-0.2, 0) is 11.2 Å². The molecule has 29 heavy (non-hydrogen) atoms. The number of ether oxygens (including phenoxy) is 2. The molecule has 0 saturated carbocycles. The number of nitrogens with zero attached hydrogens (tertiary/aromatic N) is 2. The van der Waals surface area contributed by atoms with Crippen molar-refractivity contribution in [1.82, 2.24) is 9.80 Å². The Morgan fingerprint density at radius 2 is 1.52 bits per heavy atom. The smallest absolute Gasteiger partial charge is 0.260 e. The lowest BCUT2D eigenvalue weighted by molar-refractivity contribution is -0.134. The summed E-state index contributed by atoms with van der Waals surface area (Å²) in [5, 5.41) is 0. The number of benzene rings is 2. The molecule has 0 bridgehead atoms. The Hall–Kier alpha value is -3.02. The van der Waals surface area contributed by atoms with Gasteiger partial charge < -0.3 is 19.3 Å². The van der Waals surface area contributed by atoms with Gasteiger partial charge in [-0.25, -0.2) is 0 Å². The summed E-state index contributed by atoms with van der Waals surface area (Å²) in [4.78, 5) is 28.7. The highest BCUT2D eigenvalue weighted by Crippen LogP contribution is 2.19. The molecule has 0 N–H and O–H groups in total. The fraction of sp³-hybridized carbons (Fsp3) is 0.391. The van der Waals surface area contributed by atoms with E-state index in [0.717, 1.165) is 23.5 Å². The van der Waals surface area contributed by atoms with Crippen LogP contribution in [0.4, 0.5) is 0 Å². The van der Waals surface area contributed by atoms with E-state index in [1.54, 1.807) is 21.9 Å². The highest BCUT2D eigenvalue weighted by atomic mass is 16.5. The molecule has 0 aromatic heterocycles. The van der Waals surface area contributed by atoms with Crippen molar-refractivity contribution in [3.63, 3.8) is 0 Å².